The van der Waals surface area contributed by atoms with E-state index in [4.69, 9.17) is 9.47 Å². The molecule has 0 unspecified atom stereocenters. The van der Waals surface area contributed by atoms with Gasteiger partial charge in [0.15, 0.2) is 11.5 Å². The van der Waals surface area contributed by atoms with Crippen molar-refractivity contribution in [2.24, 2.45) is 0 Å². The lowest BCUT2D eigenvalue weighted by Crippen LogP contribution is -1.94. The number of aryl methyl sites for hydroxylation is 2. The lowest BCUT2D eigenvalue weighted by molar-refractivity contribution is 0.377. The van der Waals surface area contributed by atoms with Crippen LogP contribution in [0.3, 0.4) is 0 Å². The Morgan fingerprint density at radius 3 is 2.25 bits per heavy atom. The first kappa shape index (κ1) is 14.9. The van der Waals surface area contributed by atoms with E-state index in [-0.39, 0.29) is 0 Å². The molecule has 0 aliphatic heterocycles. The third kappa shape index (κ3) is 3.34. The number of halogens is 1. The topological polar surface area (TPSA) is 18.5 Å². The Bertz CT molecular complexity index is 594. The van der Waals surface area contributed by atoms with Gasteiger partial charge in [-0.15, -0.1) is 0 Å². The summed E-state index contributed by atoms with van der Waals surface area (Å²) in [7, 11) is 1.67. The highest BCUT2D eigenvalue weighted by Crippen LogP contribution is 2.34. The molecule has 106 valence electrons. The Kier molecular flexibility index (Phi) is 5.07. The smallest absolute Gasteiger partial charge is 0.169 e. The zero-order valence-electron chi connectivity index (χ0n) is 12.1. The van der Waals surface area contributed by atoms with E-state index in [1.165, 1.54) is 11.1 Å². The Morgan fingerprint density at radius 2 is 1.65 bits per heavy atom. The summed E-state index contributed by atoms with van der Waals surface area (Å²) in [5, 5.41) is 0.850. The van der Waals surface area contributed by atoms with Gasteiger partial charge in [-0.05, 0) is 48.2 Å². The average molecular weight is 335 g/mol. The van der Waals surface area contributed by atoms with Crippen molar-refractivity contribution in [3.8, 4) is 17.2 Å². The summed E-state index contributed by atoms with van der Waals surface area (Å²) in [6.45, 7) is 4.17. The van der Waals surface area contributed by atoms with Crippen LogP contribution in [0.25, 0.3) is 0 Å². The molecule has 2 rings (SSSR count). The minimum atomic E-state index is 0.749. The maximum absolute atomic E-state index is 5.99. The molecule has 0 spiro atoms. The van der Waals surface area contributed by atoms with Gasteiger partial charge in [-0.1, -0.05) is 41.1 Å². The van der Waals surface area contributed by atoms with E-state index >= 15 is 0 Å². The third-order valence-electron chi connectivity index (χ3n) is 3.25. The van der Waals surface area contributed by atoms with Gasteiger partial charge in [0.05, 0.1) is 7.11 Å². The summed E-state index contributed by atoms with van der Waals surface area (Å²) in [4.78, 5) is 0. The number of hydrogen-bond acceptors (Lipinski definition) is 2. The molecule has 2 nitrogen and oxygen atoms in total. The van der Waals surface area contributed by atoms with Gasteiger partial charge in [-0.25, -0.2) is 0 Å². The van der Waals surface area contributed by atoms with Gasteiger partial charge in [0.1, 0.15) is 5.75 Å². The first-order chi connectivity index (χ1) is 9.67. The van der Waals surface area contributed by atoms with Crippen LogP contribution < -0.4 is 9.47 Å². The van der Waals surface area contributed by atoms with Gasteiger partial charge in [0.2, 0.25) is 0 Å². The summed E-state index contributed by atoms with van der Waals surface area (Å²) in [5.74, 6) is 2.38. The van der Waals surface area contributed by atoms with Crippen LogP contribution in [-0.2, 0) is 11.8 Å². The second kappa shape index (κ2) is 6.80. The quantitative estimate of drug-likeness (QED) is 0.695. The molecule has 2 aromatic carbocycles. The maximum Gasteiger partial charge on any atom is 0.169 e. The maximum atomic E-state index is 5.99. The van der Waals surface area contributed by atoms with Crippen molar-refractivity contribution in [3.05, 3.63) is 53.1 Å². The molecule has 0 aromatic heterocycles. The molecule has 0 saturated carbocycles. The molecule has 0 atom stereocenters. The van der Waals surface area contributed by atoms with Crippen molar-refractivity contribution >= 4 is 15.9 Å². The molecule has 0 amide bonds. The fourth-order valence-corrected chi connectivity index (χ4v) is 2.39. The van der Waals surface area contributed by atoms with E-state index < -0.39 is 0 Å². The van der Waals surface area contributed by atoms with Gasteiger partial charge in [-0.3, -0.25) is 0 Å². The highest BCUT2D eigenvalue weighted by atomic mass is 79.9. The summed E-state index contributed by atoms with van der Waals surface area (Å²) in [6, 6.07) is 12.2. The number of benzene rings is 2. The van der Waals surface area contributed by atoms with Gasteiger partial charge < -0.3 is 9.47 Å². The number of ether oxygens (including phenoxy) is 2. The zero-order chi connectivity index (χ0) is 14.5. The minimum absolute atomic E-state index is 0.749. The number of methoxy groups -OCH3 is 1. The molecule has 0 fully saturated rings. The van der Waals surface area contributed by atoms with E-state index in [1.807, 2.05) is 25.1 Å². The zero-order valence-corrected chi connectivity index (χ0v) is 13.7. The fraction of sp³-hybridized carbons (Fsp3) is 0.294. The van der Waals surface area contributed by atoms with Crippen molar-refractivity contribution in [2.45, 2.75) is 25.6 Å². The second-order valence-electron chi connectivity index (χ2n) is 4.67. The van der Waals surface area contributed by atoms with Crippen molar-refractivity contribution < 1.29 is 9.47 Å². The first-order valence-corrected chi connectivity index (χ1v) is 7.80. The summed E-state index contributed by atoms with van der Waals surface area (Å²) in [6.07, 6.45) is 0.982. The normalized spacial score (nSPS) is 10.4. The van der Waals surface area contributed by atoms with E-state index in [2.05, 4.69) is 41.1 Å². The lowest BCUT2D eigenvalue weighted by Gasteiger charge is -2.13. The van der Waals surface area contributed by atoms with Gasteiger partial charge in [0, 0.05) is 5.33 Å². The SMILES string of the molecule is CCc1ccc(Oc2ccc(CBr)cc2C)c(OC)c1. The molecule has 0 heterocycles. The molecule has 0 radical (unpaired) electrons. The second-order valence-corrected chi connectivity index (χ2v) is 5.24. The Morgan fingerprint density at radius 1 is 0.950 bits per heavy atom. The van der Waals surface area contributed by atoms with E-state index in [0.29, 0.717) is 0 Å². The molecule has 0 aliphatic carbocycles. The lowest BCUT2D eigenvalue weighted by atomic mass is 10.1. The van der Waals surface area contributed by atoms with Gasteiger partial charge >= 0.3 is 0 Å². The highest BCUT2D eigenvalue weighted by Gasteiger charge is 2.08. The first-order valence-electron chi connectivity index (χ1n) is 6.68. The molecule has 3 heteroatoms. The van der Waals surface area contributed by atoms with Crippen molar-refractivity contribution in [2.75, 3.05) is 7.11 Å². The predicted molar refractivity (Wildman–Crippen MR) is 86.3 cm³/mol. The molecule has 20 heavy (non-hydrogen) atoms. The molecule has 0 saturated heterocycles. The molecular weight excluding hydrogens is 316 g/mol. The monoisotopic (exact) mass is 334 g/mol. The molecule has 0 bridgehead atoms. The number of rotatable bonds is 5. The van der Waals surface area contributed by atoms with E-state index in [1.54, 1.807) is 7.11 Å². The standard InChI is InChI=1S/C17H19BrO2/c1-4-13-5-8-16(17(10-13)19-3)20-15-7-6-14(11-18)9-12(15)2/h5-10H,4,11H2,1-3H3. The van der Waals surface area contributed by atoms with Crippen LogP contribution in [0.1, 0.15) is 23.6 Å². The van der Waals surface area contributed by atoms with Crippen LogP contribution in [0.15, 0.2) is 36.4 Å². The van der Waals surface area contributed by atoms with E-state index in [0.717, 1.165) is 34.6 Å². The summed E-state index contributed by atoms with van der Waals surface area (Å²) >= 11 is 3.46. The summed E-state index contributed by atoms with van der Waals surface area (Å²) in [5.41, 5.74) is 3.59. The van der Waals surface area contributed by atoms with E-state index in [9.17, 15) is 0 Å². The van der Waals surface area contributed by atoms with Crippen molar-refractivity contribution in [3.63, 3.8) is 0 Å². The largest absolute Gasteiger partial charge is 0.493 e. The van der Waals surface area contributed by atoms with Crippen LogP contribution in [0.5, 0.6) is 17.2 Å². The van der Waals surface area contributed by atoms with Crippen LogP contribution in [0.4, 0.5) is 0 Å². The minimum Gasteiger partial charge on any atom is -0.493 e. The molecule has 0 N–H and O–H groups in total. The summed E-state index contributed by atoms with van der Waals surface area (Å²) < 4.78 is 11.4. The van der Waals surface area contributed by atoms with Crippen molar-refractivity contribution in [1.29, 1.82) is 0 Å². The Balaban J connectivity index is 2.29. The Hall–Kier alpha value is -1.48. The molecular formula is C17H19BrO2. The average Bonchev–Trinajstić information content (AvgIpc) is 2.49. The number of hydrogen-bond donors (Lipinski definition) is 0. The van der Waals surface area contributed by atoms with Crippen LogP contribution >= 0.6 is 15.9 Å². The van der Waals surface area contributed by atoms with Crippen LogP contribution in [0.2, 0.25) is 0 Å². The molecule has 0 aliphatic rings. The van der Waals surface area contributed by atoms with Crippen molar-refractivity contribution in [1.82, 2.24) is 0 Å². The van der Waals surface area contributed by atoms with Crippen LogP contribution in [-0.4, -0.2) is 7.11 Å². The highest BCUT2D eigenvalue weighted by molar-refractivity contribution is 9.08. The third-order valence-corrected chi connectivity index (χ3v) is 3.90. The van der Waals surface area contributed by atoms with Gasteiger partial charge in [-0.2, -0.15) is 0 Å². The fourth-order valence-electron chi connectivity index (χ4n) is 2.04. The molecule has 2 aromatic rings. The predicted octanol–water partition coefficient (Wildman–Crippen LogP) is 5.25. The number of alkyl halides is 1. The van der Waals surface area contributed by atoms with Gasteiger partial charge in [0.25, 0.3) is 0 Å². The van der Waals surface area contributed by atoms with Crippen LogP contribution in [0, 0.1) is 6.92 Å². The Labute approximate surface area is 128 Å².